The van der Waals surface area contributed by atoms with Crippen LogP contribution in [0, 0.1) is 0 Å². The van der Waals surface area contributed by atoms with Gasteiger partial charge in [0.15, 0.2) is 0 Å². The molecule has 29 heavy (non-hydrogen) atoms. The first-order chi connectivity index (χ1) is 13.8. The predicted molar refractivity (Wildman–Crippen MR) is 108 cm³/mol. The number of anilines is 1. The van der Waals surface area contributed by atoms with Crippen LogP contribution in [0.3, 0.4) is 0 Å². The van der Waals surface area contributed by atoms with E-state index in [9.17, 15) is 18.0 Å². The van der Waals surface area contributed by atoms with Gasteiger partial charge in [-0.3, -0.25) is 9.69 Å². The molecule has 0 aliphatic heterocycles. The van der Waals surface area contributed by atoms with Crippen molar-refractivity contribution in [3.8, 4) is 0 Å². The first-order valence-electron chi connectivity index (χ1n) is 9.00. The lowest BCUT2D eigenvalue weighted by atomic mass is 10.1. The number of fused-ring (bicyclic) bond motifs is 1. The molecule has 0 saturated carbocycles. The number of nitrogens with one attached hydrogen (secondary N) is 1. The molecule has 0 aliphatic carbocycles. The summed E-state index contributed by atoms with van der Waals surface area (Å²) in [5.41, 5.74) is 0.381. The molecule has 0 aliphatic rings. The lowest BCUT2D eigenvalue weighted by Crippen LogP contribution is -2.33. The highest BCUT2D eigenvalue weighted by Gasteiger charge is 2.33. The molecular weight excluding hydrogens is 403 g/mol. The molecule has 0 bridgehead atoms. The minimum Gasteiger partial charge on any atom is -0.324 e. The molecule has 1 aromatic heterocycles. The number of benzene rings is 2. The Morgan fingerprint density at radius 2 is 1.83 bits per heavy atom. The molecule has 0 atom stereocenters. The van der Waals surface area contributed by atoms with Crippen molar-refractivity contribution < 1.29 is 18.0 Å². The van der Waals surface area contributed by atoms with Crippen LogP contribution in [0.2, 0.25) is 5.15 Å². The summed E-state index contributed by atoms with van der Waals surface area (Å²) in [5, 5.41) is 3.62. The summed E-state index contributed by atoms with van der Waals surface area (Å²) in [6.45, 7) is 2.64. The second-order valence-electron chi connectivity index (χ2n) is 6.53. The summed E-state index contributed by atoms with van der Waals surface area (Å²) < 4.78 is 39.3. The normalized spacial score (nSPS) is 11.8. The van der Waals surface area contributed by atoms with Gasteiger partial charge in [-0.1, -0.05) is 48.9 Å². The Labute approximate surface area is 171 Å². The van der Waals surface area contributed by atoms with Gasteiger partial charge in [-0.25, -0.2) is 4.98 Å². The molecule has 1 N–H and O–H groups in total. The van der Waals surface area contributed by atoms with Crippen molar-refractivity contribution in [3.05, 3.63) is 70.9 Å². The molecule has 152 valence electrons. The van der Waals surface area contributed by atoms with E-state index in [4.69, 9.17) is 11.6 Å². The SMILES string of the molecule is CCN(CC(=O)Nc1ccccc1C(F)(F)F)Cc1cc2ccccc2nc1Cl. The van der Waals surface area contributed by atoms with Crippen molar-refractivity contribution >= 4 is 34.1 Å². The highest BCUT2D eigenvalue weighted by atomic mass is 35.5. The zero-order valence-electron chi connectivity index (χ0n) is 15.6. The zero-order valence-corrected chi connectivity index (χ0v) is 16.4. The smallest absolute Gasteiger partial charge is 0.324 e. The fraction of sp³-hybridized carbons (Fsp3) is 0.238. The highest BCUT2D eigenvalue weighted by molar-refractivity contribution is 6.30. The minimum atomic E-state index is -4.54. The number of rotatable bonds is 6. The average molecular weight is 422 g/mol. The summed E-state index contributed by atoms with van der Waals surface area (Å²) in [4.78, 5) is 18.5. The van der Waals surface area contributed by atoms with E-state index in [0.29, 0.717) is 18.2 Å². The lowest BCUT2D eigenvalue weighted by molar-refractivity contribution is -0.137. The number of halogens is 4. The quantitative estimate of drug-likeness (QED) is 0.544. The van der Waals surface area contributed by atoms with Crippen LogP contribution in [0.5, 0.6) is 0 Å². The van der Waals surface area contributed by atoms with Gasteiger partial charge in [-0.2, -0.15) is 13.2 Å². The van der Waals surface area contributed by atoms with Gasteiger partial charge in [0, 0.05) is 17.5 Å². The zero-order chi connectivity index (χ0) is 21.0. The first kappa shape index (κ1) is 21.1. The van der Waals surface area contributed by atoms with Crippen LogP contribution >= 0.6 is 11.6 Å². The summed E-state index contributed by atoms with van der Waals surface area (Å²) >= 11 is 6.28. The van der Waals surface area contributed by atoms with Gasteiger partial charge >= 0.3 is 6.18 Å². The Bertz CT molecular complexity index is 1020. The molecule has 0 unspecified atom stereocenters. The maximum Gasteiger partial charge on any atom is 0.418 e. The lowest BCUT2D eigenvalue weighted by Gasteiger charge is -2.21. The number of nitrogens with zero attached hydrogens (tertiary/aromatic N) is 2. The molecule has 4 nitrogen and oxygen atoms in total. The van der Waals surface area contributed by atoms with Crippen molar-refractivity contribution in [2.45, 2.75) is 19.6 Å². The molecule has 0 fully saturated rings. The third kappa shape index (κ3) is 5.25. The number of likely N-dealkylation sites (N-methyl/N-ethyl adjacent to an activating group) is 1. The van der Waals surface area contributed by atoms with Gasteiger partial charge in [0.25, 0.3) is 0 Å². The van der Waals surface area contributed by atoms with Gasteiger partial charge in [0.05, 0.1) is 23.3 Å². The van der Waals surface area contributed by atoms with E-state index < -0.39 is 17.6 Å². The van der Waals surface area contributed by atoms with E-state index in [0.717, 1.165) is 22.5 Å². The molecule has 3 rings (SSSR count). The summed E-state index contributed by atoms with van der Waals surface area (Å²) in [6, 6.07) is 14.3. The minimum absolute atomic E-state index is 0.0775. The van der Waals surface area contributed by atoms with Crippen molar-refractivity contribution in [2.75, 3.05) is 18.4 Å². The number of para-hydroxylation sites is 2. The van der Waals surface area contributed by atoms with Crippen LogP contribution in [0.1, 0.15) is 18.1 Å². The van der Waals surface area contributed by atoms with Crippen LogP contribution in [-0.4, -0.2) is 28.9 Å². The predicted octanol–water partition coefficient (Wildman–Crippen LogP) is 5.37. The maximum atomic E-state index is 13.1. The monoisotopic (exact) mass is 421 g/mol. The fourth-order valence-corrected chi connectivity index (χ4v) is 3.21. The molecule has 1 amide bonds. The molecule has 3 aromatic rings. The van der Waals surface area contributed by atoms with Crippen LogP contribution < -0.4 is 5.32 Å². The van der Waals surface area contributed by atoms with Gasteiger partial charge in [0.1, 0.15) is 5.15 Å². The fourth-order valence-electron chi connectivity index (χ4n) is 3.00. The number of pyridine rings is 1. The largest absolute Gasteiger partial charge is 0.418 e. The molecule has 2 aromatic carbocycles. The number of amides is 1. The number of carbonyl (C=O) groups is 1. The number of hydrogen-bond donors (Lipinski definition) is 1. The van der Waals surface area contributed by atoms with Crippen LogP contribution in [0.15, 0.2) is 54.6 Å². The summed E-state index contributed by atoms with van der Waals surface area (Å²) in [6.07, 6.45) is -4.54. The van der Waals surface area contributed by atoms with Crippen molar-refractivity contribution in [3.63, 3.8) is 0 Å². The second kappa shape index (κ2) is 8.80. The van der Waals surface area contributed by atoms with E-state index in [-0.39, 0.29) is 12.2 Å². The Balaban J connectivity index is 1.72. The van der Waals surface area contributed by atoms with Crippen LogP contribution in [-0.2, 0) is 17.5 Å². The van der Waals surface area contributed by atoms with Gasteiger partial charge in [0.2, 0.25) is 5.91 Å². The summed E-state index contributed by atoms with van der Waals surface area (Å²) in [7, 11) is 0. The Hall–Kier alpha value is -2.64. The van der Waals surface area contributed by atoms with Crippen molar-refractivity contribution in [1.82, 2.24) is 9.88 Å². The average Bonchev–Trinajstić information content (AvgIpc) is 2.67. The number of aromatic nitrogens is 1. The first-order valence-corrected chi connectivity index (χ1v) is 9.38. The van der Waals surface area contributed by atoms with E-state index in [2.05, 4.69) is 10.3 Å². The molecular formula is C21H19ClF3N3O. The third-order valence-corrected chi connectivity index (χ3v) is 4.79. The number of alkyl halides is 3. The molecule has 0 saturated heterocycles. The van der Waals surface area contributed by atoms with E-state index in [1.807, 2.05) is 37.3 Å². The van der Waals surface area contributed by atoms with Crippen molar-refractivity contribution in [1.29, 1.82) is 0 Å². The van der Waals surface area contributed by atoms with E-state index in [1.165, 1.54) is 18.2 Å². The van der Waals surface area contributed by atoms with Gasteiger partial charge < -0.3 is 5.32 Å². The number of carbonyl (C=O) groups excluding carboxylic acids is 1. The molecule has 0 radical (unpaired) electrons. The molecule has 0 spiro atoms. The highest BCUT2D eigenvalue weighted by Crippen LogP contribution is 2.34. The second-order valence-corrected chi connectivity index (χ2v) is 6.88. The Morgan fingerprint density at radius 1 is 1.14 bits per heavy atom. The van der Waals surface area contributed by atoms with Crippen molar-refractivity contribution in [2.24, 2.45) is 0 Å². The Kier molecular flexibility index (Phi) is 6.39. The van der Waals surface area contributed by atoms with Crippen LogP contribution in [0.4, 0.5) is 18.9 Å². The molecule has 1 heterocycles. The Morgan fingerprint density at radius 3 is 2.55 bits per heavy atom. The van der Waals surface area contributed by atoms with Crippen LogP contribution in [0.25, 0.3) is 10.9 Å². The number of hydrogen-bond acceptors (Lipinski definition) is 3. The topological polar surface area (TPSA) is 45.2 Å². The van der Waals surface area contributed by atoms with Gasteiger partial charge in [-0.05, 0) is 30.8 Å². The maximum absolute atomic E-state index is 13.1. The van der Waals surface area contributed by atoms with E-state index >= 15 is 0 Å². The summed E-state index contributed by atoms with van der Waals surface area (Å²) in [5.74, 6) is -0.534. The standard InChI is InChI=1S/C21H19ClF3N3O/c1-2-28(12-15-11-14-7-3-5-9-17(14)27-20(15)22)13-19(29)26-18-10-6-4-8-16(18)21(23,24)25/h3-11H,2,12-13H2,1H3,(H,26,29). The third-order valence-electron chi connectivity index (χ3n) is 4.47. The molecule has 8 heteroatoms. The van der Waals surface area contributed by atoms with Gasteiger partial charge in [-0.15, -0.1) is 0 Å². The van der Waals surface area contributed by atoms with E-state index in [1.54, 1.807) is 4.90 Å².